The number of aliphatic hydroxyl groups is 4. The van der Waals surface area contributed by atoms with Gasteiger partial charge >= 0.3 is 0 Å². The van der Waals surface area contributed by atoms with Gasteiger partial charge in [0.25, 0.3) is 0 Å². The zero-order chi connectivity index (χ0) is 12.3. The topological polar surface area (TPSA) is 99.4 Å². The van der Waals surface area contributed by atoms with Gasteiger partial charge in [0.2, 0.25) is 0 Å². The molecule has 0 radical (unpaired) electrons. The van der Waals surface area contributed by atoms with Gasteiger partial charge in [0, 0.05) is 0 Å². The minimum atomic E-state index is -1.41. The molecule has 1 aliphatic rings. The summed E-state index contributed by atoms with van der Waals surface area (Å²) in [4.78, 5) is 0. The minimum absolute atomic E-state index is 0.136. The molecule has 0 aromatic carbocycles. The summed E-state index contributed by atoms with van der Waals surface area (Å²) in [5, 5.41) is 38.0. The van der Waals surface area contributed by atoms with Gasteiger partial charge in [0.05, 0.1) is 12.7 Å². The maximum Gasteiger partial charge on any atom is 0.187 e. The van der Waals surface area contributed by atoms with Gasteiger partial charge in [0.15, 0.2) is 6.29 Å². The van der Waals surface area contributed by atoms with Crippen LogP contribution in [0.5, 0.6) is 0 Å². The minimum Gasteiger partial charge on any atom is -0.391 e. The summed E-state index contributed by atoms with van der Waals surface area (Å²) < 4.78 is 10.2. The first-order chi connectivity index (χ1) is 7.49. The Morgan fingerprint density at radius 2 is 1.94 bits per heavy atom. The number of hydrogen-bond donors (Lipinski definition) is 4. The van der Waals surface area contributed by atoms with Crippen molar-refractivity contribution >= 4 is 0 Å². The molecule has 4 N–H and O–H groups in total. The molecule has 16 heavy (non-hydrogen) atoms. The van der Waals surface area contributed by atoms with E-state index in [1.165, 1.54) is 13.0 Å². The molecule has 1 saturated heterocycles. The molecule has 1 fully saturated rings. The molecule has 0 unspecified atom stereocenters. The van der Waals surface area contributed by atoms with Gasteiger partial charge in [-0.1, -0.05) is 6.08 Å². The van der Waals surface area contributed by atoms with Gasteiger partial charge in [-0.05, 0) is 6.92 Å². The summed E-state index contributed by atoms with van der Waals surface area (Å²) in [6, 6.07) is 0. The molecule has 0 saturated carbocycles. The third-order valence-corrected chi connectivity index (χ3v) is 2.46. The van der Waals surface area contributed by atoms with Gasteiger partial charge in [-0.2, -0.15) is 0 Å². The maximum atomic E-state index is 9.56. The fraction of sp³-hybridized carbons (Fsp3) is 0.800. The van der Waals surface area contributed by atoms with E-state index in [0.717, 1.165) is 0 Å². The van der Waals surface area contributed by atoms with Crippen LogP contribution in [0.3, 0.4) is 0 Å². The molecule has 0 aliphatic carbocycles. The summed E-state index contributed by atoms with van der Waals surface area (Å²) in [6.07, 6.45) is -5.71. The summed E-state index contributed by atoms with van der Waals surface area (Å²) >= 11 is 0. The molecule has 0 aromatic rings. The molecular formula is C10H18O6. The molecule has 1 rings (SSSR count). The molecular weight excluding hydrogens is 216 g/mol. The van der Waals surface area contributed by atoms with Crippen LogP contribution >= 0.6 is 0 Å². The van der Waals surface area contributed by atoms with E-state index >= 15 is 0 Å². The van der Waals surface area contributed by atoms with Crippen molar-refractivity contribution in [3.63, 3.8) is 0 Å². The highest BCUT2D eigenvalue weighted by molar-refractivity contribution is 4.91. The summed E-state index contributed by atoms with van der Waals surface area (Å²) in [5.74, 6) is 0. The fourth-order valence-corrected chi connectivity index (χ4v) is 1.57. The molecule has 0 aromatic heterocycles. The smallest absolute Gasteiger partial charge is 0.187 e. The van der Waals surface area contributed by atoms with Crippen LogP contribution < -0.4 is 0 Å². The van der Waals surface area contributed by atoms with Crippen LogP contribution in [0.15, 0.2) is 12.7 Å². The Labute approximate surface area is 93.7 Å². The molecule has 0 spiro atoms. The fourth-order valence-electron chi connectivity index (χ4n) is 1.57. The average Bonchev–Trinajstić information content (AvgIpc) is 2.24. The van der Waals surface area contributed by atoms with Crippen LogP contribution in [0.2, 0.25) is 0 Å². The first-order valence-electron chi connectivity index (χ1n) is 5.09. The molecule has 0 bridgehead atoms. The first-order valence-corrected chi connectivity index (χ1v) is 5.09. The number of hydrogen-bond acceptors (Lipinski definition) is 6. The van der Waals surface area contributed by atoms with Gasteiger partial charge in [-0.25, -0.2) is 0 Å². The number of ether oxygens (including phenoxy) is 2. The zero-order valence-electron chi connectivity index (χ0n) is 9.06. The summed E-state index contributed by atoms with van der Waals surface area (Å²) in [5.41, 5.74) is 0. The van der Waals surface area contributed by atoms with Crippen molar-refractivity contribution in [2.75, 3.05) is 6.61 Å². The summed E-state index contributed by atoms with van der Waals surface area (Å²) in [7, 11) is 0. The zero-order valence-corrected chi connectivity index (χ0v) is 9.06. The van der Waals surface area contributed by atoms with Gasteiger partial charge in [-0.15, -0.1) is 6.58 Å². The molecule has 6 atom stereocenters. The predicted octanol–water partition coefficient (Wildman–Crippen LogP) is -1.62. The monoisotopic (exact) mass is 234 g/mol. The normalized spacial score (nSPS) is 41.7. The molecule has 6 nitrogen and oxygen atoms in total. The van der Waals surface area contributed by atoms with Crippen molar-refractivity contribution in [3.8, 4) is 0 Å². The Morgan fingerprint density at radius 1 is 1.31 bits per heavy atom. The maximum absolute atomic E-state index is 9.56. The lowest BCUT2D eigenvalue weighted by atomic mass is 9.96. The standard InChI is InChI=1S/C10H18O6/c1-3-4-15-10-8(14)6(12)7(13)9(16-10)5(2)11/h3,5-14H,1,4H2,2H3/t5-,6+,7+,8-,9-,10-/m1/s1. The highest BCUT2D eigenvalue weighted by Gasteiger charge is 2.45. The van der Waals surface area contributed by atoms with Crippen molar-refractivity contribution in [1.29, 1.82) is 0 Å². The molecule has 0 amide bonds. The van der Waals surface area contributed by atoms with Crippen LogP contribution in [0.1, 0.15) is 6.92 Å². The van der Waals surface area contributed by atoms with Crippen LogP contribution in [-0.2, 0) is 9.47 Å². The van der Waals surface area contributed by atoms with Gasteiger partial charge in [0.1, 0.15) is 24.4 Å². The van der Waals surface area contributed by atoms with Crippen LogP contribution in [0, 0.1) is 0 Å². The highest BCUT2D eigenvalue weighted by atomic mass is 16.7. The van der Waals surface area contributed by atoms with Crippen LogP contribution in [0.4, 0.5) is 0 Å². The Balaban J connectivity index is 2.68. The van der Waals surface area contributed by atoms with Crippen molar-refractivity contribution in [3.05, 3.63) is 12.7 Å². The second kappa shape index (κ2) is 5.72. The van der Waals surface area contributed by atoms with E-state index in [1.54, 1.807) is 0 Å². The number of aliphatic hydroxyl groups excluding tert-OH is 4. The van der Waals surface area contributed by atoms with Crippen LogP contribution in [0.25, 0.3) is 0 Å². The van der Waals surface area contributed by atoms with Gasteiger partial charge in [-0.3, -0.25) is 0 Å². The van der Waals surface area contributed by atoms with E-state index in [0.29, 0.717) is 0 Å². The van der Waals surface area contributed by atoms with Crippen molar-refractivity contribution in [2.24, 2.45) is 0 Å². The van der Waals surface area contributed by atoms with E-state index in [9.17, 15) is 20.4 Å². The van der Waals surface area contributed by atoms with Crippen LogP contribution in [-0.4, -0.2) is 63.8 Å². The van der Waals surface area contributed by atoms with E-state index in [2.05, 4.69) is 6.58 Å². The van der Waals surface area contributed by atoms with Crippen molar-refractivity contribution in [2.45, 2.75) is 43.7 Å². The lowest BCUT2D eigenvalue weighted by Gasteiger charge is -2.41. The summed E-state index contributed by atoms with van der Waals surface area (Å²) in [6.45, 7) is 4.99. The average molecular weight is 234 g/mol. The lowest BCUT2D eigenvalue weighted by Crippen LogP contribution is -2.60. The van der Waals surface area contributed by atoms with E-state index in [-0.39, 0.29) is 6.61 Å². The largest absolute Gasteiger partial charge is 0.391 e. The Hall–Kier alpha value is -0.500. The molecule has 1 heterocycles. The molecule has 6 heteroatoms. The van der Waals surface area contributed by atoms with Crippen molar-refractivity contribution in [1.82, 2.24) is 0 Å². The second-order valence-corrected chi connectivity index (χ2v) is 3.80. The highest BCUT2D eigenvalue weighted by Crippen LogP contribution is 2.23. The van der Waals surface area contributed by atoms with Gasteiger partial charge < -0.3 is 29.9 Å². The predicted molar refractivity (Wildman–Crippen MR) is 54.5 cm³/mol. The van der Waals surface area contributed by atoms with E-state index in [1.807, 2.05) is 0 Å². The lowest BCUT2D eigenvalue weighted by molar-refractivity contribution is -0.306. The Bertz CT molecular complexity index is 231. The second-order valence-electron chi connectivity index (χ2n) is 3.80. The quantitative estimate of drug-likeness (QED) is 0.436. The van der Waals surface area contributed by atoms with Crippen molar-refractivity contribution < 1.29 is 29.9 Å². The Kier molecular flexibility index (Phi) is 4.85. The molecule has 94 valence electrons. The molecule has 1 aliphatic heterocycles. The third-order valence-electron chi connectivity index (χ3n) is 2.46. The SMILES string of the molecule is C=CCO[C@@H]1O[C@H]([C@@H](C)O)[C@@H](O)[C@H](O)[C@H]1O. The number of rotatable bonds is 4. The van der Waals surface area contributed by atoms with E-state index in [4.69, 9.17) is 9.47 Å². The Morgan fingerprint density at radius 3 is 2.44 bits per heavy atom. The van der Waals surface area contributed by atoms with E-state index < -0.39 is 36.8 Å². The third kappa shape index (κ3) is 2.79. The first kappa shape index (κ1) is 13.6.